The molecule has 0 radical (unpaired) electrons. The predicted molar refractivity (Wildman–Crippen MR) is 91.7 cm³/mol. The minimum Gasteiger partial charge on any atom is -0.497 e. The monoisotopic (exact) mass is 332 g/mol. The maximum atomic E-state index is 12.0. The number of methoxy groups -OCH3 is 1. The summed E-state index contributed by atoms with van der Waals surface area (Å²) < 4.78 is 5.05. The van der Waals surface area contributed by atoms with Gasteiger partial charge in [0.25, 0.3) is 0 Å². The molecule has 0 unspecified atom stereocenters. The van der Waals surface area contributed by atoms with Crippen molar-refractivity contribution in [3.05, 3.63) is 82.9 Å². The summed E-state index contributed by atoms with van der Waals surface area (Å²) in [5.41, 5.74) is 1.43. The van der Waals surface area contributed by atoms with Crippen LogP contribution in [0.5, 0.6) is 5.75 Å². The SMILES string of the molecule is COc1ccc(C(=O)/C=C/C=C(\Cl)c2ccc(Cl)cc2)cc1. The molecule has 2 aromatic carbocycles. The van der Waals surface area contributed by atoms with Gasteiger partial charge in [0, 0.05) is 15.6 Å². The summed E-state index contributed by atoms with van der Waals surface area (Å²) in [5.74, 6) is 0.616. The van der Waals surface area contributed by atoms with E-state index in [1.807, 2.05) is 12.1 Å². The Morgan fingerprint density at radius 3 is 2.18 bits per heavy atom. The first-order chi connectivity index (χ1) is 10.6. The molecule has 0 spiro atoms. The van der Waals surface area contributed by atoms with Crippen LogP contribution in [-0.2, 0) is 0 Å². The number of carbonyl (C=O) groups excluding carboxylic acids is 1. The van der Waals surface area contributed by atoms with Crippen LogP contribution in [0.15, 0.2) is 66.8 Å². The van der Waals surface area contributed by atoms with Gasteiger partial charge in [0.1, 0.15) is 5.75 Å². The van der Waals surface area contributed by atoms with Gasteiger partial charge in [0.2, 0.25) is 0 Å². The van der Waals surface area contributed by atoms with Crippen molar-refractivity contribution < 1.29 is 9.53 Å². The van der Waals surface area contributed by atoms with E-state index in [1.165, 1.54) is 6.08 Å². The number of halogens is 2. The Kier molecular flexibility index (Phi) is 5.82. The number of rotatable bonds is 5. The van der Waals surface area contributed by atoms with Gasteiger partial charge in [-0.1, -0.05) is 41.4 Å². The number of benzene rings is 2. The second-order valence-electron chi connectivity index (χ2n) is 4.47. The van der Waals surface area contributed by atoms with Crippen LogP contribution in [0.4, 0.5) is 0 Å². The van der Waals surface area contributed by atoms with Crippen LogP contribution in [0.3, 0.4) is 0 Å². The number of hydrogen-bond donors (Lipinski definition) is 0. The normalized spacial score (nSPS) is 11.7. The Morgan fingerprint density at radius 2 is 1.59 bits per heavy atom. The Labute approximate surface area is 139 Å². The van der Waals surface area contributed by atoms with Crippen LogP contribution in [0.25, 0.3) is 5.03 Å². The fourth-order valence-electron chi connectivity index (χ4n) is 1.78. The molecule has 0 saturated heterocycles. The molecule has 0 aromatic heterocycles. The van der Waals surface area contributed by atoms with Gasteiger partial charge in [0.15, 0.2) is 5.78 Å². The van der Waals surface area contributed by atoms with Crippen LogP contribution in [-0.4, -0.2) is 12.9 Å². The first kappa shape index (κ1) is 16.3. The quantitative estimate of drug-likeness (QED) is 0.418. The lowest BCUT2D eigenvalue weighted by molar-refractivity contribution is 0.104. The molecule has 4 heteroatoms. The van der Waals surface area contributed by atoms with Gasteiger partial charge < -0.3 is 4.74 Å². The molecule has 0 aliphatic carbocycles. The molecule has 2 rings (SSSR count). The van der Waals surface area contributed by atoms with E-state index in [-0.39, 0.29) is 5.78 Å². The molecule has 2 nitrogen and oxygen atoms in total. The van der Waals surface area contributed by atoms with Gasteiger partial charge in [-0.25, -0.2) is 0 Å². The highest BCUT2D eigenvalue weighted by atomic mass is 35.5. The molecule has 0 aliphatic heterocycles. The van der Waals surface area contributed by atoms with Crippen molar-refractivity contribution in [2.45, 2.75) is 0 Å². The summed E-state index contributed by atoms with van der Waals surface area (Å²) in [7, 11) is 1.58. The van der Waals surface area contributed by atoms with E-state index in [9.17, 15) is 4.79 Å². The van der Waals surface area contributed by atoms with Crippen molar-refractivity contribution in [2.24, 2.45) is 0 Å². The number of allylic oxidation sites excluding steroid dienone is 3. The highest BCUT2D eigenvalue weighted by Gasteiger charge is 2.01. The summed E-state index contributed by atoms with van der Waals surface area (Å²) in [6, 6.07) is 14.1. The van der Waals surface area contributed by atoms with E-state index in [0.717, 1.165) is 5.56 Å². The van der Waals surface area contributed by atoms with Crippen molar-refractivity contribution in [1.82, 2.24) is 0 Å². The van der Waals surface area contributed by atoms with E-state index in [4.69, 9.17) is 27.9 Å². The van der Waals surface area contributed by atoms with Crippen molar-refractivity contribution in [1.29, 1.82) is 0 Å². The average molecular weight is 333 g/mol. The molecule has 0 atom stereocenters. The number of carbonyl (C=O) groups is 1. The standard InChI is InChI=1S/C18H14Cl2O2/c1-22-16-11-7-14(8-12-16)18(21)4-2-3-17(20)13-5-9-15(19)10-6-13/h2-12H,1H3/b4-2+,17-3-. The number of hydrogen-bond acceptors (Lipinski definition) is 2. The first-order valence-electron chi connectivity index (χ1n) is 6.58. The van der Waals surface area contributed by atoms with Crippen LogP contribution >= 0.6 is 23.2 Å². The van der Waals surface area contributed by atoms with Crippen molar-refractivity contribution in [3.63, 3.8) is 0 Å². The third kappa shape index (κ3) is 4.48. The van der Waals surface area contributed by atoms with E-state index in [2.05, 4.69) is 0 Å². The van der Waals surface area contributed by atoms with Gasteiger partial charge in [-0.3, -0.25) is 4.79 Å². The minimum absolute atomic E-state index is 0.0977. The third-order valence-corrected chi connectivity index (χ3v) is 3.58. The topological polar surface area (TPSA) is 26.3 Å². The molecule has 0 fully saturated rings. The minimum atomic E-state index is -0.0977. The van der Waals surface area contributed by atoms with Gasteiger partial charge in [0.05, 0.1) is 7.11 Å². The Balaban J connectivity index is 2.05. The molecule has 112 valence electrons. The summed E-state index contributed by atoms with van der Waals surface area (Å²) >= 11 is 12.0. The molecular weight excluding hydrogens is 319 g/mol. The zero-order valence-corrected chi connectivity index (χ0v) is 13.4. The third-order valence-electron chi connectivity index (χ3n) is 2.98. The fourth-order valence-corrected chi connectivity index (χ4v) is 2.10. The highest BCUT2D eigenvalue weighted by molar-refractivity contribution is 6.49. The lowest BCUT2D eigenvalue weighted by Crippen LogP contribution is -1.93. The second kappa shape index (κ2) is 7.83. The fraction of sp³-hybridized carbons (Fsp3) is 0.0556. The Morgan fingerprint density at radius 1 is 1.00 bits per heavy atom. The molecule has 22 heavy (non-hydrogen) atoms. The number of ketones is 1. The highest BCUT2D eigenvalue weighted by Crippen LogP contribution is 2.21. The van der Waals surface area contributed by atoms with Crippen molar-refractivity contribution >= 4 is 34.0 Å². The first-order valence-corrected chi connectivity index (χ1v) is 7.34. The van der Waals surface area contributed by atoms with Crippen LogP contribution < -0.4 is 4.74 Å². The summed E-state index contributed by atoms with van der Waals surface area (Å²) in [6.07, 6.45) is 4.77. The molecular formula is C18H14Cl2O2. The maximum Gasteiger partial charge on any atom is 0.185 e. The molecule has 0 saturated carbocycles. The molecule has 0 aliphatic rings. The van der Waals surface area contributed by atoms with Crippen molar-refractivity contribution in [2.75, 3.05) is 7.11 Å². The maximum absolute atomic E-state index is 12.0. The molecule has 2 aromatic rings. The largest absolute Gasteiger partial charge is 0.497 e. The van der Waals surface area contributed by atoms with Crippen molar-refractivity contribution in [3.8, 4) is 5.75 Å². The van der Waals surface area contributed by atoms with Crippen LogP contribution in [0.2, 0.25) is 5.02 Å². The van der Waals surface area contributed by atoms with Crippen LogP contribution in [0, 0.1) is 0 Å². The second-order valence-corrected chi connectivity index (χ2v) is 5.32. The summed E-state index contributed by atoms with van der Waals surface area (Å²) in [5, 5.41) is 1.19. The van der Waals surface area contributed by atoms with E-state index in [1.54, 1.807) is 55.7 Å². The summed E-state index contributed by atoms with van der Waals surface area (Å²) in [4.78, 5) is 12.0. The zero-order valence-electron chi connectivity index (χ0n) is 11.9. The lowest BCUT2D eigenvalue weighted by Gasteiger charge is -2.00. The Hall–Kier alpha value is -2.03. The molecule has 0 bridgehead atoms. The lowest BCUT2D eigenvalue weighted by atomic mass is 10.1. The Bertz CT molecular complexity index is 699. The van der Waals surface area contributed by atoms with E-state index < -0.39 is 0 Å². The smallest absolute Gasteiger partial charge is 0.185 e. The predicted octanol–water partition coefficient (Wildman–Crippen LogP) is 5.37. The van der Waals surface area contributed by atoms with Gasteiger partial charge >= 0.3 is 0 Å². The van der Waals surface area contributed by atoms with Gasteiger partial charge in [-0.15, -0.1) is 0 Å². The summed E-state index contributed by atoms with van der Waals surface area (Å²) in [6.45, 7) is 0. The van der Waals surface area contributed by atoms with E-state index in [0.29, 0.717) is 21.4 Å². The van der Waals surface area contributed by atoms with Gasteiger partial charge in [-0.2, -0.15) is 0 Å². The zero-order chi connectivity index (χ0) is 15.9. The average Bonchev–Trinajstić information content (AvgIpc) is 2.55. The van der Waals surface area contributed by atoms with Crippen LogP contribution in [0.1, 0.15) is 15.9 Å². The molecule has 0 heterocycles. The van der Waals surface area contributed by atoms with E-state index >= 15 is 0 Å². The molecule has 0 N–H and O–H groups in total. The molecule has 0 amide bonds. The number of ether oxygens (including phenoxy) is 1. The van der Waals surface area contributed by atoms with Gasteiger partial charge in [-0.05, 0) is 54.1 Å².